The normalized spacial score (nSPS) is 30.9. The van der Waals surface area contributed by atoms with Crippen molar-refractivity contribution < 1.29 is 13.9 Å². The summed E-state index contributed by atoms with van der Waals surface area (Å²) in [7, 11) is 0. The number of furan rings is 1. The predicted octanol–water partition coefficient (Wildman–Crippen LogP) is 3.67. The maximum absolute atomic E-state index is 6.06. The van der Waals surface area contributed by atoms with E-state index in [1.165, 1.54) is 0 Å². The fourth-order valence-corrected chi connectivity index (χ4v) is 3.83. The molecule has 0 radical (unpaired) electrons. The largest absolute Gasteiger partial charge is 0.453 e. The molecular weight excluding hydrogens is 334 g/mol. The van der Waals surface area contributed by atoms with Crippen LogP contribution in [0, 0.1) is 5.92 Å². The molecule has 0 aliphatic carbocycles. The van der Waals surface area contributed by atoms with Crippen LogP contribution in [-0.2, 0) is 9.47 Å². The van der Waals surface area contributed by atoms with E-state index in [1.54, 1.807) is 0 Å². The van der Waals surface area contributed by atoms with Gasteiger partial charge in [0, 0.05) is 19.6 Å². The van der Waals surface area contributed by atoms with Crippen molar-refractivity contribution in [2.24, 2.45) is 5.92 Å². The van der Waals surface area contributed by atoms with Crippen molar-refractivity contribution in [3.63, 3.8) is 0 Å². The van der Waals surface area contributed by atoms with Crippen LogP contribution in [0.2, 0.25) is 0 Å². The smallest absolute Gasteiger partial charge is 0.169 e. The molecule has 2 aliphatic rings. The third kappa shape index (κ3) is 3.52. The molecule has 3 rings (SSSR count). The molecule has 2 fully saturated rings. The Hall–Kier alpha value is -0.360. The highest BCUT2D eigenvalue weighted by molar-refractivity contribution is 9.10. The Morgan fingerprint density at radius 1 is 1.43 bits per heavy atom. The Morgan fingerprint density at radius 3 is 3.00 bits per heavy atom. The summed E-state index contributed by atoms with van der Waals surface area (Å²) < 4.78 is 18.3. The third-order valence-electron chi connectivity index (χ3n) is 4.58. The van der Waals surface area contributed by atoms with Crippen LogP contribution in [0.3, 0.4) is 0 Å². The van der Waals surface area contributed by atoms with Crippen molar-refractivity contribution in [3.05, 3.63) is 22.6 Å². The molecule has 118 valence electrons. The van der Waals surface area contributed by atoms with Crippen LogP contribution in [0.4, 0.5) is 0 Å². The van der Waals surface area contributed by atoms with Gasteiger partial charge < -0.3 is 19.2 Å². The number of hydrogen-bond donors (Lipinski definition) is 1. The van der Waals surface area contributed by atoms with Gasteiger partial charge in [0.25, 0.3) is 0 Å². The van der Waals surface area contributed by atoms with Crippen molar-refractivity contribution in [1.82, 2.24) is 5.32 Å². The highest BCUT2D eigenvalue weighted by Gasteiger charge is 2.43. The van der Waals surface area contributed by atoms with E-state index in [9.17, 15) is 0 Å². The molecule has 1 aromatic rings. The molecule has 2 saturated heterocycles. The molecule has 0 bridgehead atoms. The lowest BCUT2D eigenvalue weighted by Gasteiger charge is -2.40. The number of nitrogens with one attached hydrogen (secondary N) is 1. The van der Waals surface area contributed by atoms with E-state index in [-0.39, 0.29) is 11.6 Å². The number of halogens is 1. The zero-order valence-electron chi connectivity index (χ0n) is 12.6. The summed E-state index contributed by atoms with van der Waals surface area (Å²) in [5.41, 5.74) is -0.0567. The summed E-state index contributed by atoms with van der Waals surface area (Å²) >= 11 is 3.41. The molecule has 1 spiro atoms. The van der Waals surface area contributed by atoms with E-state index in [1.807, 2.05) is 6.07 Å². The number of rotatable bonds is 5. The van der Waals surface area contributed by atoms with Gasteiger partial charge in [0.1, 0.15) is 5.76 Å². The monoisotopic (exact) mass is 357 g/mol. The van der Waals surface area contributed by atoms with E-state index in [4.69, 9.17) is 13.9 Å². The van der Waals surface area contributed by atoms with Gasteiger partial charge in [0.15, 0.2) is 4.67 Å². The first-order chi connectivity index (χ1) is 10.2. The minimum absolute atomic E-state index is 0.0567. The molecule has 1 N–H and O–H groups in total. The van der Waals surface area contributed by atoms with Gasteiger partial charge in [-0.2, -0.15) is 0 Å². The average Bonchev–Trinajstić information content (AvgIpc) is 3.10. The van der Waals surface area contributed by atoms with Crippen LogP contribution in [0.5, 0.6) is 0 Å². The summed E-state index contributed by atoms with van der Waals surface area (Å²) in [5, 5.41) is 3.66. The highest BCUT2D eigenvalue weighted by atomic mass is 79.9. The first kappa shape index (κ1) is 15.5. The Morgan fingerprint density at radius 2 is 2.33 bits per heavy atom. The van der Waals surface area contributed by atoms with Gasteiger partial charge in [-0.1, -0.05) is 6.92 Å². The summed E-state index contributed by atoms with van der Waals surface area (Å²) in [6.45, 7) is 5.58. The minimum Gasteiger partial charge on any atom is -0.453 e. The molecule has 3 unspecified atom stereocenters. The summed E-state index contributed by atoms with van der Waals surface area (Å²) in [6.07, 6.45) is 4.26. The number of hydrogen-bond acceptors (Lipinski definition) is 4. The van der Waals surface area contributed by atoms with E-state index < -0.39 is 0 Å². The van der Waals surface area contributed by atoms with Gasteiger partial charge in [-0.25, -0.2) is 0 Å². The molecule has 1 aromatic heterocycles. The SMILES string of the molecule is CCCNC(c1ccc(Br)o1)C1CCOC2(CCOC2)C1. The molecule has 2 aliphatic heterocycles. The maximum Gasteiger partial charge on any atom is 0.169 e. The third-order valence-corrected chi connectivity index (χ3v) is 5.01. The van der Waals surface area contributed by atoms with Crippen molar-refractivity contribution in [2.45, 2.75) is 44.2 Å². The van der Waals surface area contributed by atoms with Gasteiger partial charge in [-0.05, 0) is 59.8 Å². The molecular formula is C16H24BrNO3. The van der Waals surface area contributed by atoms with Gasteiger partial charge in [-0.3, -0.25) is 0 Å². The van der Waals surface area contributed by atoms with Crippen molar-refractivity contribution >= 4 is 15.9 Å². The van der Waals surface area contributed by atoms with E-state index in [0.29, 0.717) is 5.92 Å². The van der Waals surface area contributed by atoms with E-state index >= 15 is 0 Å². The van der Waals surface area contributed by atoms with Gasteiger partial charge in [0.2, 0.25) is 0 Å². The fourth-order valence-electron chi connectivity index (χ4n) is 3.51. The van der Waals surface area contributed by atoms with Gasteiger partial charge >= 0.3 is 0 Å². The first-order valence-electron chi connectivity index (χ1n) is 7.93. The molecule has 0 aromatic carbocycles. The van der Waals surface area contributed by atoms with E-state index in [2.05, 4.69) is 34.2 Å². The van der Waals surface area contributed by atoms with Crippen molar-refractivity contribution in [3.8, 4) is 0 Å². The fraction of sp³-hybridized carbons (Fsp3) is 0.750. The summed E-state index contributed by atoms with van der Waals surface area (Å²) in [5.74, 6) is 1.56. The van der Waals surface area contributed by atoms with Crippen LogP contribution < -0.4 is 5.32 Å². The zero-order chi connectivity index (χ0) is 14.7. The lowest BCUT2D eigenvalue weighted by molar-refractivity contribution is -0.104. The van der Waals surface area contributed by atoms with Crippen LogP contribution in [-0.4, -0.2) is 32.0 Å². The Kier molecular flexibility index (Phi) is 5.04. The summed E-state index contributed by atoms with van der Waals surface area (Å²) in [6, 6.07) is 4.31. The second-order valence-corrected chi connectivity index (χ2v) is 6.94. The Labute approximate surface area is 134 Å². The van der Waals surface area contributed by atoms with Crippen LogP contribution >= 0.6 is 15.9 Å². The second-order valence-electron chi connectivity index (χ2n) is 6.16. The van der Waals surface area contributed by atoms with Crippen LogP contribution in [0.15, 0.2) is 21.2 Å². The topological polar surface area (TPSA) is 43.6 Å². The Bertz CT molecular complexity index is 456. The van der Waals surface area contributed by atoms with Crippen molar-refractivity contribution in [2.75, 3.05) is 26.4 Å². The minimum atomic E-state index is -0.0567. The molecule has 0 saturated carbocycles. The lowest BCUT2D eigenvalue weighted by atomic mass is 9.80. The van der Waals surface area contributed by atoms with Gasteiger partial charge in [-0.15, -0.1) is 0 Å². The first-order valence-corrected chi connectivity index (χ1v) is 8.72. The average molecular weight is 358 g/mol. The van der Waals surface area contributed by atoms with Crippen LogP contribution in [0.1, 0.15) is 44.4 Å². The second kappa shape index (κ2) is 6.82. The molecule has 0 amide bonds. The standard InChI is InChI=1S/C16H24BrNO3/c1-2-7-18-15(13-3-4-14(17)21-13)12-5-8-20-16(10-12)6-9-19-11-16/h3-4,12,15,18H,2,5-11H2,1H3. The van der Waals surface area contributed by atoms with Gasteiger partial charge in [0.05, 0.1) is 18.2 Å². The highest BCUT2D eigenvalue weighted by Crippen LogP contribution is 2.41. The maximum atomic E-state index is 6.06. The quantitative estimate of drug-likeness (QED) is 0.872. The Balaban J connectivity index is 1.75. The molecule has 4 nitrogen and oxygen atoms in total. The zero-order valence-corrected chi connectivity index (χ0v) is 14.2. The number of ether oxygens (including phenoxy) is 2. The predicted molar refractivity (Wildman–Crippen MR) is 84.3 cm³/mol. The molecule has 3 heterocycles. The molecule has 3 atom stereocenters. The van der Waals surface area contributed by atoms with Crippen LogP contribution in [0.25, 0.3) is 0 Å². The molecule has 5 heteroatoms. The van der Waals surface area contributed by atoms with E-state index in [0.717, 1.165) is 62.5 Å². The summed E-state index contributed by atoms with van der Waals surface area (Å²) in [4.78, 5) is 0. The lowest BCUT2D eigenvalue weighted by Crippen LogP contribution is -2.44. The van der Waals surface area contributed by atoms with Crippen molar-refractivity contribution in [1.29, 1.82) is 0 Å². The molecule has 21 heavy (non-hydrogen) atoms.